The van der Waals surface area contributed by atoms with E-state index in [0.29, 0.717) is 29.3 Å². The molecule has 0 fully saturated rings. The summed E-state index contributed by atoms with van der Waals surface area (Å²) in [5.74, 6) is 1.25. The summed E-state index contributed by atoms with van der Waals surface area (Å²) in [7, 11) is 0. The summed E-state index contributed by atoms with van der Waals surface area (Å²) >= 11 is 3.40. The summed E-state index contributed by atoms with van der Waals surface area (Å²) in [5.41, 5.74) is 1.30. The fourth-order valence-electron chi connectivity index (χ4n) is 2.53. The third-order valence-corrected chi connectivity index (χ3v) is 4.41. The highest BCUT2D eigenvalue weighted by atomic mass is 79.9. The molecule has 0 spiro atoms. The first-order valence-electron chi connectivity index (χ1n) is 7.80. The van der Waals surface area contributed by atoms with Crippen LogP contribution >= 0.6 is 15.9 Å². The molecule has 2 aromatic carbocycles. The molecule has 3 rings (SSSR count). The van der Waals surface area contributed by atoms with Gasteiger partial charge in [-0.3, -0.25) is 4.79 Å². The Morgan fingerprint density at radius 1 is 1.25 bits per heavy atom. The number of furan rings is 1. The van der Waals surface area contributed by atoms with E-state index >= 15 is 0 Å². The number of fused-ring (bicyclic) bond motifs is 1. The predicted molar refractivity (Wildman–Crippen MR) is 97.4 cm³/mol. The molecule has 1 heterocycles. The number of amides is 1. The summed E-state index contributed by atoms with van der Waals surface area (Å²) in [4.78, 5) is 12.4. The highest BCUT2D eigenvalue weighted by Gasteiger charge is 2.18. The molecule has 124 valence electrons. The van der Waals surface area contributed by atoms with E-state index in [-0.39, 0.29) is 11.9 Å². The number of carbonyl (C=O) groups excluding carboxylic acids is 1. The minimum Gasteiger partial charge on any atom is -0.490 e. The first-order chi connectivity index (χ1) is 11.6. The van der Waals surface area contributed by atoms with Gasteiger partial charge in [-0.2, -0.15) is 0 Å². The molecule has 1 N–H and O–H groups in total. The van der Waals surface area contributed by atoms with E-state index in [2.05, 4.69) is 21.2 Å². The minimum atomic E-state index is -0.258. The zero-order valence-corrected chi connectivity index (χ0v) is 15.1. The SMILES string of the molecule is CCOc1cccc2cc(C(C)NC(=O)c3ccccc3Br)oc12. The molecular weight excluding hydrogens is 370 g/mol. The van der Waals surface area contributed by atoms with Gasteiger partial charge in [-0.25, -0.2) is 0 Å². The lowest BCUT2D eigenvalue weighted by atomic mass is 10.1. The van der Waals surface area contributed by atoms with Gasteiger partial charge in [0.25, 0.3) is 5.91 Å². The van der Waals surface area contributed by atoms with Crippen molar-refractivity contribution < 1.29 is 13.9 Å². The van der Waals surface area contributed by atoms with Crippen LogP contribution in [0.4, 0.5) is 0 Å². The number of carbonyl (C=O) groups is 1. The van der Waals surface area contributed by atoms with Crippen LogP contribution in [0.2, 0.25) is 0 Å². The number of para-hydroxylation sites is 1. The highest BCUT2D eigenvalue weighted by Crippen LogP contribution is 2.31. The number of nitrogens with one attached hydrogen (secondary N) is 1. The predicted octanol–water partition coefficient (Wildman–Crippen LogP) is 5.09. The van der Waals surface area contributed by atoms with E-state index in [1.54, 1.807) is 6.07 Å². The maximum Gasteiger partial charge on any atom is 0.253 e. The molecule has 0 saturated carbocycles. The van der Waals surface area contributed by atoms with Crippen LogP contribution in [0.1, 0.15) is 36.0 Å². The molecule has 0 bridgehead atoms. The summed E-state index contributed by atoms with van der Waals surface area (Å²) in [6, 6.07) is 14.8. The lowest BCUT2D eigenvalue weighted by molar-refractivity contribution is 0.0935. The largest absolute Gasteiger partial charge is 0.490 e. The number of halogens is 1. The molecular formula is C19H18BrNO3. The van der Waals surface area contributed by atoms with Gasteiger partial charge in [-0.05, 0) is 54.0 Å². The second kappa shape index (κ2) is 7.09. The maximum atomic E-state index is 12.4. The van der Waals surface area contributed by atoms with Crippen LogP contribution in [0, 0.1) is 0 Å². The van der Waals surface area contributed by atoms with Crippen molar-refractivity contribution in [2.24, 2.45) is 0 Å². The Bertz CT molecular complexity index is 872. The average molecular weight is 388 g/mol. The first-order valence-corrected chi connectivity index (χ1v) is 8.60. The van der Waals surface area contributed by atoms with Crippen LogP contribution in [0.5, 0.6) is 5.75 Å². The first kappa shape index (κ1) is 16.6. The maximum absolute atomic E-state index is 12.4. The van der Waals surface area contributed by atoms with Gasteiger partial charge >= 0.3 is 0 Å². The summed E-state index contributed by atoms with van der Waals surface area (Å²) in [6.45, 7) is 4.40. The Balaban J connectivity index is 1.84. The van der Waals surface area contributed by atoms with Crippen LogP contribution < -0.4 is 10.1 Å². The molecule has 0 aliphatic heterocycles. The average Bonchev–Trinajstić information content (AvgIpc) is 3.01. The minimum absolute atomic E-state index is 0.152. The third-order valence-electron chi connectivity index (χ3n) is 3.72. The number of benzene rings is 2. The van der Waals surface area contributed by atoms with Crippen LogP contribution in [-0.2, 0) is 0 Å². The molecule has 1 aromatic heterocycles. The quantitative estimate of drug-likeness (QED) is 0.663. The van der Waals surface area contributed by atoms with Gasteiger partial charge in [0.15, 0.2) is 11.3 Å². The van der Waals surface area contributed by atoms with Crippen LogP contribution in [0.3, 0.4) is 0 Å². The van der Waals surface area contributed by atoms with E-state index < -0.39 is 0 Å². The van der Waals surface area contributed by atoms with Crippen molar-refractivity contribution in [2.75, 3.05) is 6.61 Å². The molecule has 0 aliphatic carbocycles. The van der Waals surface area contributed by atoms with E-state index in [1.807, 2.05) is 56.3 Å². The fourth-order valence-corrected chi connectivity index (χ4v) is 2.99. The second-order valence-corrected chi connectivity index (χ2v) is 6.29. The van der Waals surface area contributed by atoms with Gasteiger partial charge in [-0.1, -0.05) is 24.3 Å². The molecule has 5 heteroatoms. The van der Waals surface area contributed by atoms with Crippen molar-refractivity contribution in [1.82, 2.24) is 5.32 Å². The number of rotatable bonds is 5. The van der Waals surface area contributed by atoms with Crippen molar-refractivity contribution in [3.8, 4) is 5.75 Å². The van der Waals surface area contributed by atoms with Crippen molar-refractivity contribution >= 4 is 32.8 Å². The van der Waals surface area contributed by atoms with E-state index in [4.69, 9.17) is 9.15 Å². The molecule has 0 aliphatic rings. The Morgan fingerprint density at radius 3 is 2.79 bits per heavy atom. The van der Waals surface area contributed by atoms with Crippen LogP contribution in [0.15, 0.2) is 57.4 Å². The molecule has 1 atom stereocenters. The Morgan fingerprint density at radius 2 is 2.04 bits per heavy atom. The van der Waals surface area contributed by atoms with Crippen molar-refractivity contribution in [3.63, 3.8) is 0 Å². The summed E-state index contributed by atoms with van der Waals surface area (Å²) in [6.07, 6.45) is 0. The normalized spacial score (nSPS) is 12.1. The lowest BCUT2D eigenvalue weighted by Gasteiger charge is -2.12. The van der Waals surface area contributed by atoms with Crippen molar-refractivity contribution in [3.05, 3.63) is 64.3 Å². The zero-order chi connectivity index (χ0) is 17.1. The molecule has 3 aromatic rings. The Labute approximate surface area is 148 Å². The van der Waals surface area contributed by atoms with E-state index in [0.717, 1.165) is 9.86 Å². The molecule has 4 nitrogen and oxygen atoms in total. The zero-order valence-electron chi connectivity index (χ0n) is 13.5. The second-order valence-electron chi connectivity index (χ2n) is 5.43. The van der Waals surface area contributed by atoms with Gasteiger partial charge in [-0.15, -0.1) is 0 Å². The molecule has 24 heavy (non-hydrogen) atoms. The van der Waals surface area contributed by atoms with Gasteiger partial charge < -0.3 is 14.5 Å². The van der Waals surface area contributed by atoms with Crippen molar-refractivity contribution in [1.29, 1.82) is 0 Å². The standard InChI is InChI=1S/C19H18BrNO3/c1-3-23-16-10-6-7-13-11-17(24-18(13)16)12(2)21-19(22)14-8-4-5-9-15(14)20/h4-12H,3H2,1-2H3,(H,21,22). The summed E-state index contributed by atoms with van der Waals surface area (Å²) < 4.78 is 12.3. The van der Waals surface area contributed by atoms with Crippen molar-refractivity contribution in [2.45, 2.75) is 19.9 Å². The monoisotopic (exact) mass is 387 g/mol. The van der Waals surface area contributed by atoms with Gasteiger partial charge in [0.2, 0.25) is 0 Å². The lowest BCUT2D eigenvalue weighted by Crippen LogP contribution is -2.26. The topological polar surface area (TPSA) is 51.5 Å². The van der Waals surface area contributed by atoms with Gasteiger partial charge in [0.1, 0.15) is 5.76 Å². The molecule has 1 unspecified atom stereocenters. The van der Waals surface area contributed by atoms with Crippen LogP contribution in [0.25, 0.3) is 11.0 Å². The molecule has 1 amide bonds. The Kier molecular flexibility index (Phi) is 4.90. The van der Waals surface area contributed by atoms with Crippen LogP contribution in [-0.4, -0.2) is 12.5 Å². The van der Waals surface area contributed by atoms with Gasteiger partial charge in [0, 0.05) is 9.86 Å². The number of hydrogen-bond donors (Lipinski definition) is 1. The molecule has 0 saturated heterocycles. The Hall–Kier alpha value is -2.27. The van der Waals surface area contributed by atoms with Gasteiger partial charge in [0.05, 0.1) is 18.2 Å². The number of ether oxygens (including phenoxy) is 1. The van der Waals surface area contributed by atoms with E-state index in [1.165, 1.54) is 0 Å². The smallest absolute Gasteiger partial charge is 0.253 e. The third kappa shape index (κ3) is 3.31. The van der Waals surface area contributed by atoms with E-state index in [9.17, 15) is 4.79 Å². The highest BCUT2D eigenvalue weighted by molar-refractivity contribution is 9.10. The summed E-state index contributed by atoms with van der Waals surface area (Å²) in [5, 5.41) is 3.92. The molecule has 0 radical (unpaired) electrons. The number of hydrogen-bond acceptors (Lipinski definition) is 3. The fraction of sp³-hybridized carbons (Fsp3) is 0.211.